The first-order valence-corrected chi connectivity index (χ1v) is 5.65. The Hall–Kier alpha value is -0.900. The second-order valence-electron chi connectivity index (χ2n) is 4.33. The Morgan fingerprint density at radius 2 is 2.27 bits per heavy atom. The van der Waals surface area contributed by atoms with E-state index in [9.17, 15) is 9.59 Å². The van der Waals surface area contributed by atoms with Gasteiger partial charge in [-0.15, -0.1) is 0 Å². The Labute approximate surface area is 89.6 Å². The molecule has 1 saturated carbocycles. The number of hydrogen-bond acceptors (Lipinski definition) is 3. The molecule has 1 aliphatic heterocycles. The fourth-order valence-corrected chi connectivity index (χ4v) is 1.91. The third-order valence-corrected chi connectivity index (χ3v) is 2.99. The second-order valence-corrected chi connectivity index (χ2v) is 4.33. The molecule has 15 heavy (non-hydrogen) atoms. The number of hydrogen-bond donors (Lipinski definition) is 0. The monoisotopic (exact) mass is 211 g/mol. The summed E-state index contributed by atoms with van der Waals surface area (Å²) in [6.45, 7) is 2.22. The van der Waals surface area contributed by atoms with Crippen LogP contribution in [-0.2, 0) is 14.3 Å². The molecule has 0 N–H and O–H groups in total. The lowest BCUT2D eigenvalue weighted by atomic mass is 10.1. The average Bonchev–Trinajstić information content (AvgIpc) is 3.03. The Kier molecular flexibility index (Phi) is 3.36. The Balaban J connectivity index is 1.84. The summed E-state index contributed by atoms with van der Waals surface area (Å²) in [6.07, 6.45) is 3.92. The highest BCUT2D eigenvalue weighted by atomic mass is 16.5. The van der Waals surface area contributed by atoms with Gasteiger partial charge in [0.2, 0.25) is 0 Å². The molecular weight excluding hydrogens is 194 g/mol. The molecule has 0 unspecified atom stereocenters. The molecule has 1 aliphatic carbocycles. The summed E-state index contributed by atoms with van der Waals surface area (Å²) in [5.41, 5.74) is 0. The number of morpholine rings is 1. The van der Waals surface area contributed by atoms with Crippen LogP contribution in [0.4, 0.5) is 0 Å². The van der Waals surface area contributed by atoms with Crippen LogP contribution in [0.2, 0.25) is 0 Å². The molecule has 4 nitrogen and oxygen atoms in total. The average molecular weight is 211 g/mol. The van der Waals surface area contributed by atoms with Crippen molar-refractivity contribution in [3.05, 3.63) is 0 Å². The Morgan fingerprint density at radius 3 is 2.93 bits per heavy atom. The molecule has 1 amide bonds. The van der Waals surface area contributed by atoms with Crippen molar-refractivity contribution in [2.24, 2.45) is 5.92 Å². The minimum atomic E-state index is -0.373. The van der Waals surface area contributed by atoms with Crippen molar-refractivity contribution >= 4 is 12.2 Å². The molecular formula is C11H17NO3. The van der Waals surface area contributed by atoms with E-state index >= 15 is 0 Å². The molecule has 0 aromatic heterocycles. The van der Waals surface area contributed by atoms with Crippen LogP contribution in [0.15, 0.2) is 0 Å². The zero-order chi connectivity index (χ0) is 10.7. The van der Waals surface area contributed by atoms with E-state index in [-0.39, 0.29) is 12.0 Å². The van der Waals surface area contributed by atoms with Crippen molar-refractivity contribution in [3.63, 3.8) is 0 Å². The molecule has 1 saturated heterocycles. The second kappa shape index (κ2) is 4.75. The van der Waals surface area contributed by atoms with E-state index in [1.807, 2.05) is 4.90 Å². The number of rotatable bonds is 5. The van der Waals surface area contributed by atoms with Gasteiger partial charge in [-0.05, 0) is 25.2 Å². The fraction of sp³-hybridized carbons (Fsp3) is 0.818. The summed E-state index contributed by atoms with van der Waals surface area (Å²) in [4.78, 5) is 24.0. The van der Waals surface area contributed by atoms with E-state index in [0.717, 1.165) is 18.7 Å². The Bertz CT molecular complexity index is 250. The van der Waals surface area contributed by atoms with Crippen molar-refractivity contribution in [3.8, 4) is 0 Å². The normalized spacial score (nSPS) is 26.8. The number of aldehydes is 1. The van der Waals surface area contributed by atoms with E-state index in [0.29, 0.717) is 26.0 Å². The fourth-order valence-electron chi connectivity index (χ4n) is 1.91. The highest BCUT2D eigenvalue weighted by Gasteiger charge is 2.33. The molecule has 2 aliphatic rings. The summed E-state index contributed by atoms with van der Waals surface area (Å²) in [5.74, 6) is 0.800. The van der Waals surface area contributed by atoms with Gasteiger partial charge in [0.15, 0.2) is 0 Å². The number of ether oxygens (including phenoxy) is 1. The Morgan fingerprint density at radius 1 is 1.47 bits per heavy atom. The first-order valence-electron chi connectivity index (χ1n) is 5.65. The SMILES string of the molecule is O=CCC[C@H]1OCCN(CC2CC2)C1=O. The van der Waals surface area contributed by atoms with Crippen LogP contribution in [0.3, 0.4) is 0 Å². The summed E-state index contributed by atoms with van der Waals surface area (Å²) in [7, 11) is 0. The van der Waals surface area contributed by atoms with Gasteiger partial charge >= 0.3 is 0 Å². The molecule has 0 aromatic rings. The predicted molar refractivity (Wildman–Crippen MR) is 54.3 cm³/mol. The highest BCUT2D eigenvalue weighted by Crippen LogP contribution is 2.30. The summed E-state index contributed by atoms with van der Waals surface area (Å²) in [5, 5.41) is 0. The largest absolute Gasteiger partial charge is 0.367 e. The highest BCUT2D eigenvalue weighted by molar-refractivity contribution is 5.81. The van der Waals surface area contributed by atoms with E-state index in [1.54, 1.807) is 0 Å². The van der Waals surface area contributed by atoms with E-state index in [1.165, 1.54) is 12.8 Å². The number of carbonyl (C=O) groups excluding carboxylic acids is 2. The lowest BCUT2D eigenvalue weighted by Crippen LogP contribution is -2.48. The molecule has 2 fully saturated rings. The quantitative estimate of drug-likeness (QED) is 0.626. The van der Waals surface area contributed by atoms with Crippen molar-refractivity contribution < 1.29 is 14.3 Å². The molecule has 0 bridgehead atoms. The summed E-state index contributed by atoms with van der Waals surface area (Å²) < 4.78 is 5.37. The maximum absolute atomic E-state index is 11.9. The maximum atomic E-state index is 11.9. The predicted octanol–water partition coefficient (Wildman–Crippen LogP) is 0.603. The van der Waals surface area contributed by atoms with Crippen LogP contribution in [0, 0.1) is 5.92 Å². The number of amides is 1. The van der Waals surface area contributed by atoms with Crippen LogP contribution in [0.1, 0.15) is 25.7 Å². The van der Waals surface area contributed by atoms with Gasteiger partial charge in [-0.1, -0.05) is 0 Å². The van der Waals surface area contributed by atoms with Gasteiger partial charge in [0, 0.05) is 19.5 Å². The van der Waals surface area contributed by atoms with E-state index < -0.39 is 0 Å². The van der Waals surface area contributed by atoms with E-state index in [2.05, 4.69) is 0 Å². The van der Waals surface area contributed by atoms with Gasteiger partial charge in [0.1, 0.15) is 12.4 Å². The van der Waals surface area contributed by atoms with Crippen LogP contribution in [0.5, 0.6) is 0 Å². The molecule has 2 rings (SSSR count). The molecule has 1 atom stereocenters. The van der Waals surface area contributed by atoms with Crippen LogP contribution >= 0.6 is 0 Å². The molecule has 0 radical (unpaired) electrons. The van der Waals surface area contributed by atoms with Crippen molar-refractivity contribution in [2.45, 2.75) is 31.8 Å². The summed E-state index contributed by atoms with van der Waals surface area (Å²) >= 11 is 0. The topological polar surface area (TPSA) is 46.6 Å². The van der Waals surface area contributed by atoms with Crippen LogP contribution < -0.4 is 0 Å². The molecule has 1 heterocycles. The van der Waals surface area contributed by atoms with E-state index in [4.69, 9.17) is 4.74 Å². The third-order valence-electron chi connectivity index (χ3n) is 2.99. The van der Waals surface area contributed by atoms with Crippen molar-refractivity contribution in [1.29, 1.82) is 0 Å². The first-order chi connectivity index (χ1) is 7.31. The van der Waals surface area contributed by atoms with Crippen molar-refractivity contribution in [1.82, 2.24) is 4.90 Å². The van der Waals surface area contributed by atoms with Gasteiger partial charge in [-0.3, -0.25) is 4.79 Å². The van der Waals surface area contributed by atoms with Crippen LogP contribution in [-0.4, -0.2) is 42.9 Å². The minimum absolute atomic E-state index is 0.0787. The number of nitrogens with zero attached hydrogens (tertiary/aromatic N) is 1. The zero-order valence-electron chi connectivity index (χ0n) is 8.85. The third kappa shape index (κ3) is 2.78. The van der Waals surface area contributed by atoms with Crippen molar-refractivity contribution in [2.75, 3.05) is 19.7 Å². The lowest BCUT2D eigenvalue weighted by Gasteiger charge is -2.32. The molecule has 4 heteroatoms. The molecule has 0 spiro atoms. The smallest absolute Gasteiger partial charge is 0.251 e. The maximum Gasteiger partial charge on any atom is 0.251 e. The van der Waals surface area contributed by atoms with Crippen LogP contribution in [0.25, 0.3) is 0 Å². The number of carbonyl (C=O) groups is 2. The van der Waals surface area contributed by atoms with Gasteiger partial charge in [-0.2, -0.15) is 0 Å². The van der Waals surface area contributed by atoms with Gasteiger partial charge in [-0.25, -0.2) is 0 Å². The van der Waals surface area contributed by atoms with Gasteiger partial charge < -0.3 is 14.4 Å². The molecule has 84 valence electrons. The zero-order valence-corrected chi connectivity index (χ0v) is 8.85. The molecule has 0 aromatic carbocycles. The van der Waals surface area contributed by atoms with Gasteiger partial charge in [0.05, 0.1) is 6.61 Å². The lowest BCUT2D eigenvalue weighted by molar-refractivity contribution is -0.153. The van der Waals surface area contributed by atoms with Gasteiger partial charge in [0.25, 0.3) is 5.91 Å². The first kappa shape index (κ1) is 10.6. The minimum Gasteiger partial charge on any atom is -0.367 e. The summed E-state index contributed by atoms with van der Waals surface area (Å²) in [6, 6.07) is 0. The standard InChI is InChI=1S/C11H17NO3/c13-6-1-2-10-11(14)12(5-7-15-10)8-9-3-4-9/h6,9-10H,1-5,7-8H2/t10-/m1/s1.